The molecule has 0 heterocycles. The Bertz CT molecular complexity index is 929. The van der Waals surface area contributed by atoms with Crippen LogP contribution in [0.3, 0.4) is 0 Å². The predicted molar refractivity (Wildman–Crippen MR) is 98.4 cm³/mol. The van der Waals surface area contributed by atoms with E-state index in [-0.39, 0.29) is 23.4 Å². The van der Waals surface area contributed by atoms with Crippen molar-refractivity contribution in [2.24, 2.45) is 0 Å². The number of nitrogens with zero attached hydrogens (tertiary/aromatic N) is 2. The monoisotopic (exact) mass is 388 g/mol. The van der Waals surface area contributed by atoms with Gasteiger partial charge in [0.05, 0.1) is 33.8 Å². The van der Waals surface area contributed by atoms with Crippen LogP contribution in [0.4, 0.5) is 17.1 Å². The fraction of sp³-hybridized carbons (Fsp3) is 0.176. The highest BCUT2D eigenvalue weighted by atomic mass is 16.6. The summed E-state index contributed by atoms with van der Waals surface area (Å²) in [4.78, 5) is 45.1. The molecule has 0 saturated carbocycles. The van der Waals surface area contributed by atoms with Gasteiger partial charge in [0.2, 0.25) is 0 Å². The molecule has 0 unspecified atom stereocenters. The fourth-order valence-electron chi connectivity index (χ4n) is 2.32. The third-order valence-electron chi connectivity index (χ3n) is 3.65. The van der Waals surface area contributed by atoms with E-state index < -0.39 is 33.0 Å². The van der Waals surface area contributed by atoms with E-state index in [4.69, 9.17) is 4.74 Å². The summed E-state index contributed by atoms with van der Waals surface area (Å²) in [5.74, 6) is -1.34. The maximum atomic E-state index is 12.5. The molecule has 0 atom stereocenters. The summed E-state index contributed by atoms with van der Waals surface area (Å²) >= 11 is 0. The van der Waals surface area contributed by atoms with Gasteiger partial charge in [-0.3, -0.25) is 29.8 Å². The molecule has 2 aromatic carbocycles. The molecular formula is C17H16N4O7. The van der Waals surface area contributed by atoms with Gasteiger partial charge in [0.15, 0.2) is 0 Å². The summed E-state index contributed by atoms with van der Waals surface area (Å²) in [5, 5.41) is 27.0. The van der Waals surface area contributed by atoms with Crippen LogP contribution in [0.5, 0.6) is 0 Å². The molecule has 0 fully saturated rings. The Labute approximate surface area is 158 Å². The smallest absolute Gasteiger partial charge is 0.289 e. The summed E-state index contributed by atoms with van der Waals surface area (Å²) in [5.41, 5.74) is -1.31. The van der Waals surface area contributed by atoms with E-state index in [1.165, 1.54) is 19.2 Å². The Morgan fingerprint density at radius 1 is 1.00 bits per heavy atom. The highest BCUT2D eigenvalue weighted by Gasteiger charge is 2.25. The van der Waals surface area contributed by atoms with E-state index in [9.17, 15) is 29.8 Å². The zero-order valence-corrected chi connectivity index (χ0v) is 14.7. The Morgan fingerprint density at radius 3 is 2.36 bits per heavy atom. The molecule has 28 heavy (non-hydrogen) atoms. The van der Waals surface area contributed by atoms with E-state index in [2.05, 4.69) is 10.6 Å². The summed E-state index contributed by atoms with van der Waals surface area (Å²) in [6.45, 7) is 0.556. The molecule has 0 radical (unpaired) electrons. The van der Waals surface area contributed by atoms with Gasteiger partial charge >= 0.3 is 0 Å². The average molecular weight is 388 g/mol. The lowest BCUT2D eigenvalue weighted by molar-refractivity contribution is -0.394. The number of hydrogen-bond acceptors (Lipinski definition) is 7. The lowest BCUT2D eigenvalue weighted by atomic mass is 10.1. The van der Waals surface area contributed by atoms with Crippen LogP contribution in [0.15, 0.2) is 42.5 Å². The second-order valence-electron chi connectivity index (χ2n) is 5.46. The molecule has 146 valence electrons. The quantitative estimate of drug-likeness (QED) is 0.399. The predicted octanol–water partition coefficient (Wildman–Crippen LogP) is 2.13. The molecule has 0 aliphatic carbocycles. The molecule has 2 N–H and O–H groups in total. The van der Waals surface area contributed by atoms with E-state index in [0.717, 1.165) is 12.1 Å². The molecule has 0 bridgehead atoms. The third-order valence-corrected chi connectivity index (χ3v) is 3.65. The number of hydrogen-bond donors (Lipinski definition) is 2. The minimum atomic E-state index is -0.884. The molecule has 0 spiro atoms. The number of rotatable bonds is 8. The SMILES string of the molecule is COCCNC(=O)c1ccccc1NC(=O)c1ccc([N+](=O)[O-])cc1[N+](=O)[O-]. The number of nitro groups is 2. The van der Waals surface area contributed by atoms with Crippen molar-refractivity contribution in [3.05, 3.63) is 73.8 Å². The molecule has 2 amide bonds. The van der Waals surface area contributed by atoms with E-state index >= 15 is 0 Å². The van der Waals surface area contributed by atoms with Gasteiger partial charge in [-0.1, -0.05) is 12.1 Å². The Hall–Kier alpha value is -3.86. The second-order valence-corrected chi connectivity index (χ2v) is 5.46. The number of nitro benzene ring substituents is 2. The number of non-ortho nitro benzene ring substituents is 1. The number of methoxy groups -OCH3 is 1. The minimum absolute atomic E-state index is 0.134. The zero-order chi connectivity index (χ0) is 20.7. The van der Waals surface area contributed by atoms with Gasteiger partial charge in [-0.05, 0) is 18.2 Å². The molecule has 0 aliphatic rings. The van der Waals surface area contributed by atoms with Crippen molar-refractivity contribution in [1.82, 2.24) is 5.32 Å². The standard InChI is InChI=1S/C17H16N4O7/c1-28-9-8-18-16(22)12-4-2-3-5-14(12)19-17(23)13-7-6-11(20(24)25)10-15(13)21(26)27/h2-7,10H,8-9H2,1H3,(H,18,22)(H,19,23). The minimum Gasteiger partial charge on any atom is -0.383 e. The van der Waals surface area contributed by atoms with Crippen LogP contribution >= 0.6 is 0 Å². The zero-order valence-electron chi connectivity index (χ0n) is 14.7. The van der Waals surface area contributed by atoms with Gasteiger partial charge in [0.1, 0.15) is 5.56 Å². The Kier molecular flexibility index (Phi) is 6.71. The Balaban J connectivity index is 2.30. The lowest BCUT2D eigenvalue weighted by Crippen LogP contribution is -2.28. The number of para-hydroxylation sites is 1. The average Bonchev–Trinajstić information content (AvgIpc) is 2.67. The summed E-state index contributed by atoms with van der Waals surface area (Å²) in [7, 11) is 1.48. The Morgan fingerprint density at radius 2 is 1.71 bits per heavy atom. The number of anilines is 1. The van der Waals surface area contributed by atoms with Crippen LogP contribution in [0.25, 0.3) is 0 Å². The van der Waals surface area contributed by atoms with Crippen molar-refractivity contribution in [3.8, 4) is 0 Å². The topological polar surface area (TPSA) is 154 Å². The van der Waals surface area contributed by atoms with Crippen molar-refractivity contribution in [3.63, 3.8) is 0 Å². The number of carbonyl (C=O) groups is 2. The van der Waals surface area contributed by atoms with Crippen molar-refractivity contribution in [2.45, 2.75) is 0 Å². The van der Waals surface area contributed by atoms with Crippen molar-refractivity contribution >= 4 is 28.9 Å². The number of amides is 2. The summed E-state index contributed by atoms with van der Waals surface area (Å²) in [6.07, 6.45) is 0. The van der Waals surface area contributed by atoms with E-state index in [1.54, 1.807) is 12.1 Å². The normalized spacial score (nSPS) is 10.2. The molecule has 0 saturated heterocycles. The molecule has 11 heteroatoms. The summed E-state index contributed by atoms with van der Waals surface area (Å²) in [6, 6.07) is 8.79. The van der Waals surface area contributed by atoms with Crippen LogP contribution < -0.4 is 10.6 Å². The van der Waals surface area contributed by atoms with Gasteiger partial charge in [-0.25, -0.2) is 0 Å². The van der Waals surface area contributed by atoms with Gasteiger partial charge in [0.25, 0.3) is 23.2 Å². The number of carbonyl (C=O) groups excluding carboxylic acids is 2. The number of nitrogens with one attached hydrogen (secondary N) is 2. The molecule has 0 aromatic heterocycles. The first-order valence-electron chi connectivity index (χ1n) is 7.95. The first-order chi connectivity index (χ1) is 13.3. The van der Waals surface area contributed by atoms with E-state index in [1.807, 2.05) is 0 Å². The first kappa shape index (κ1) is 20.5. The van der Waals surface area contributed by atoms with Crippen LogP contribution in [0.1, 0.15) is 20.7 Å². The summed E-state index contributed by atoms with van der Waals surface area (Å²) < 4.78 is 4.85. The van der Waals surface area contributed by atoms with Crippen LogP contribution in [0, 0.1) is 20.2 Å². The highest BCUT2D eigenvalue weighted by Crippen LogP contribution is 2.26. The second kappa shape index (κ2) is 9.19. The number of ether oxygens (including phenoxy) is 1. The molecular weight excluding hydrogens is 372 g/mol. The van der Waals surface area contributed by atoms with Gasteiger partial charge in [-0.15, -0.1) is 0 Å². The highest BCUT2D eigenvalue weighted by molar-refractivity contribution is 6.10. The molecule has 11 nitrogen and oxygen atoms in total. The lowest BCUT2D eigenvalue weighted by Gasteiger charge is -2.11. The molecule has 2 rings (SSSR count). The molecule has 2 aromatic rings. The van der Waals surface area contributed by atoms with E-state index in [0.29, 0.717) is 12.7 Å². The number of benzene rings is 2. The van der Waals surface area contributed by atoms with Crippen molar-refractivity contribution in [2.75, 3.05) is 25.6 Å². The van der Waals surface area contributed by atoms with Crippen molar-refractivity contribution in [1.29, 1.82) is 0 Å². The van der Waals surface area contributed by atoms with Gasteiger partial charge in [0, 0.05) is 19.7 Å². The largest absolute Gasteiger partial charge is 0.383 e. The van der Waals surface area contributed by atoms with Crippen LogP contribution in [-0.2, 0) is 4.74 Å². The van der Waals surface area contributed by atoms with Crippen molar-refractivity contribution < 1.29 is 24.2 Å². The molecule has 0 aliphatic heterocycles. The first-order valence-corrected chi connectivity index (χ1v) is 7.95. The van der Waals surface area contributed by atoms with Gasteiger partial charge < -0.3 is 15.4 Å². The third kappa shape index (κ3) is 4.86. The van der Waals surface area contributed by atoms with Gasteiger partial charge in [-0.2, -0.15) is 0 Å². The maximum absolute atomic E-state index is 12.5. The van der Waals surface area contributed by atoms with Crippen LogP contribution in [0.2, 0.25) is 0 Å². The fourth-order valence-corrected chi connectivity index (χ4v) is 2.32. The van der Waals surface area contributed by atoms with Crippen LogP contribution in [-0.4, -0.2) is 41.9 Å². The maximum Gasteiger partial charge on any atom is 0.289 e.